The Morgan fingerprint density at radius 3 is 2.79 bits per heavy atom. The van der Waals surface area contributed by atoms with Crippen molar-refractivity contribution in [2.45, 2.75) is 13.0 Å². The summed E-state index contributed by atoms with van der Waals surface area (Å²) in [6, 6.07) is 3.71. The maximum Gasteiger partial charge on any atom is 0.254 e. The van der Waals surface area contributed by atoms with Gasteiger partial charge in [0.05, 0.1) is 24.8 Å². The lowest BCUT2D eigenvalue weighted by Crippen LogP contribution is -2.49. The number of nitrogens with zero attached hydrogens (tertiary/aromatic N) is 1. The Bertz CT molecular complexity index is 699. The van der Waals surface area contributed by atoms with Gasteiger partial charge in [-0.15, -0.1) is 0 Å². The van der Waals surface area contributed by atoms with Gasteiger partial charge in [-0.2, -0.15) is 0 Å². The Morgan fingerprint density at radius 2 is 2.12 bits per heavy atom. The Balaban J connectivity index is 2.04. The van der Waals surface area contributed by atoms with Crippen molar-refractivity contribution in [1.82, 2.24) is 15.5 Å². The van der Waals surface area contributed by atoms with E-state index in [1.54, 1.807) is 17.9 Å². The van der Waals surface area contributed by atoms with Crippen LogP contribution in [0.2, 0.25) is 5.02 Å². The molecule has 2 N–H and O–H groups in total. The topological polar surface area (TPSA) is 53.6 Å². The standard InChI is InChI=1S/C16H17ClFN3O2S/c1-9-12(15(22)21-5-7-23-8-6-21)14(20-16(24)19-9)13-10(17)3-2-4-11(13)18/h2-4,14H,5-8H2,1H3,(H2,19,20,24). The number of carbonyl (C=O) groups excluding carboxylic acids is 1. The van der Waals surface area contributed by atoms with Crippen LogP contribution in [0.4, 0.5) is 4.39 Å². The zero-order valence-corrected chi connectivity index (χ0v) is 14.6. The Morgan fingerprint density at radius 1 is 1.42 bits per heavy atom. The number of benzene rings is 1. The van der Waals surface area contributed by atoms with Crippen molar-refractivity contribution in [2.75, 3.05) is 26.3 Å². The SMILES string of the molecule is CC1=C(C(=O)N2CCOCC2)C(c2c(F)cccc2Cl)NC(=S)N1. The molecular weight excluding hydrogens is 353 g/mol. The number of hydrogen-bond donors (Lipinski definition) is 2. The van der Waals surface area contributed by atoms with Crippen molar-refractivity contribution < 1.29 is 13.9 Å². The molecule has 1 atom stereocenters. The fourth-order valence-electron chi connectivity index (χ4n) is 2.92. The van der Waals surface area contributed by atoms with Gasteiger partial charge in [-0.1, -0.05) is 17.7 Å². The van der Waals surface area contributed by atoms with Crippen molar-refractivity contribution in [2.24, 2.45) is 0 Å². The molecule has 0 radical (unpaired) electrons. The monoisotopic (exact) mass is 369 g/mol. The van der Waals surface area contributed by atoms with Crippen LogP contribution in [0.3, 0.4) is 0 Å². The Labute approximate surface area is 149 Å². The summed E-state index contributed by atoms with van der Waals surface area (Å²) in [5.41, 5.74) is 1.23. The molecule has 8 heteroatoms. The molecule has 3 rings (SSSR count). The lowest BCUT2D eigenvalue weighted by Gasteiger charge is -2.35. The average molecular weight is 370 g/mol. The highest BCUT2D eigenvalue weighted by Crippen LogP contribution is 2.34. The summed E-state index contributed by atoms with van der Waals surface area (Å²) in [5.74, 6) is -0.660. The van der Waals surface area contributed by atoms with Crippen LogP contribution >= 0.6 is 23.8 Å². The van der Waals surface area contributed by atoms with E-state index in [9.17, 15) is 9.18 Å². The van der Waals surface area contributed by atoms with Crippen LogP contribution in [-0.4, -0.2) is 42.2 Å². The molecule has 1 fully saturated rings. The highest BCUT2D eigenvalue weighted by molar-refractivity contribution is 7.80. The first-order valence-corrected chi connectivity index (χ1v) is 8.37. The molecule has 0 aromatic heterocycles. The van der Waals surface area contributed by atoms with E-state index < -0.39 is 11.9 Å². The summed E-state index contributed by atoms with van der Waals surface area (Å²) in [7, 11) is 0. The summed E-state index contributed by atoms with van der Waals surface area (Å²) >= 11 is 11.4. The first-order valence-electron chi connectivity index (χ1n) is 7.58. The number of halogens is 2. The number of carbonyl (C=O) groups is 1. The normalized spacial score (nSPS) is 21.4. The Kier molecular flexibility index (Phi) is 5.03. The minimum Gasteiger partial charge on any atom is -0.378 e. The number of thiocarbonyl (C=S) groups is 1. The highest BCUT2D eigenvalue weighted by atomic mass is 35.5. The predicted molar refractivity (Wildman–Crippen MR) is 93.1 cm³/mol. The summed E-state index contributed by atoms with van der Waals surface area (Å²) in [4.78, 5) is 14.7. The van der Waals surface area contributed by atoms with E-state index >= 15 is 0 Å². The van der Waals surface area contributed by atoms with Crippen LogP contribution in [0.5, 0.6) is 0 Å². The van der Waals surface area contributed by atoms with Gasteiger partial charge in [-0.3, -0.25) is 4.79 Å². The molecule has 2 aliphatic heterocycles. The average Bonchev–Trinajstić information content (AvgIpc) is 2.54. The maximum atomic E-state index is 14.4. The number of amides is 1. The third-order valence-electron chi connectivity index (χ3n) is 4.09. The molecule has 5 nitrogen and oxygen atoms in total. The van der Waals surface area contributed by atoms with E-state index in [1.807, 2.05) is 0 Å². The number of nitrogens with one attached hydrogen (secondary N) is 2. The molecule has 2 aliphatic rings. The van der Waals surface area contributed by atoms with Crippen LogP contribution in [-0.2, 0) is 9.53 Å². The van der Waals surface area contributed by atoms with E-state index in [0.717, 1.165) is 0 Å². The molecule has 1 aromatic rings. The molecule has 128 valence electrons. The Hall–Kier alpha value is -1.70. The minimum atomic E-state index is -0.734. The van der Waals surface area contributed by atoms with Crippen molar-refractivity contribution in [3.8, 4) is 0 Å². The predicted octanol–water partition coefficient (Wildman–Crippen LogP) is 2.13. The molecule has 0 spiro atoms. The van der Waals surface area contributed by atoms with Crippen molar-refractivity contribution in [1.29, 1.82) is 0 Å². The second-order valence-electron chi connectivity index (χ2n) is 5.61. The molecular formula is C16H17ClFN3O2S. The van der Waals surface area contributed by atoms with Gasteiger partial charge in [0.2, 0.25) is 0 Å². The summed E-state index contributed by atoms with van der Waals surface area (Å²) in [5, 5.41) is 6.49. The van der Waals surface area contributed by atoms with Crippen molar-refractivity contribution in [3.05, 3.63) is 45.9 Å². The smallest absolute Gasteiger partial charge is 0.254 e. The van der Waals surface area contributed by atoms with Gasteiger partial charge in [-0.25, -0.2) is 4.39 Å². The lowest BCUT2D eigenvalue weighted by atomic mass is 9.94. The fourth-order valence-corrected chi connectivity index (χ4v) is 3.46. The molecule has 2 heterocycles. The first kappa shape index (κ1) is 17.1. The van der Waals surface area contributed by atoms with Crippen molar-refractivity contribution >= 4 is 34.8 Å². The first-order chi connectivity index (χ1) is 11.5. The summed E-state index contributed by atoms with van der Waals surface area (Å²) < 4.78 is 19.7. The summed E-state index contributed by atoms with van der Waals surface area (Å²) in [6.07, 6.45) is 0. The van der Waals surface area contributed by atoms with Crippen molar-refractivity contribution in [3.63, 3.8) is 0 Å². The van der Waals surface area contributed by atoms with E-state index in [-0.39, 0.29) is 16.5 Å². The molecule has 1 amide bonds. The molecule has 0 saturated carbocycles. The van der Waals surface area contributed by atoms with E-state index in [1.165, 1.54) is 12.1 Å². The van der Waals surface area contributed by atoms with Crippen LogP contribution < -0.4 is 10.6 Å². The third-order valence-corrected chi connectivity index (χ3v) is 4.64. The maximum absolute atomic E-state index is 14.4. The second-order valence-corrected chi connectivity index (χ2v) is 6.43. The quantitative estimate of drug-likeness (QED) is 0.782. The number of hydrogen-bond acceptors (Lipinski definition) is 3. The number of rotatable bonds is 2. The largest absolute Gasteiger partial charge is 0.378 e. The fraction of sp³-hybridized carbons (Fsp3) is 0.375. The van der Waals surface area contributed by atoms with E-state index in [0.29, 0.717) is 42.7 Å². The zero-order chi connectivity index (χ0) is 17.3. The van der Waals surface area contributed by atoms with E-state index in [4.69, 9.17) is 28.6 Å². The number of allylic oxidation sites excluding steroid dienone is 1. The molecule has 1 aromatic carbocycles. The van der Waals surface area contributed by atoms with Gasteiger partial charge in [0.1, 0.15) is 5.82 Å². The van der Waals surface area contributed by atoms with Gasteiger partial charge >= 0.3 is 0 Å². The van der Waals surface area contributed by atoms with Gasteiger partial charge in [0, 0.05) is 29.4 Å². The third kappa shape index (κ3) is 3.24. The van der Waals surface area contributed by atoms with Crippen LogP contribution in [0.25, 0.3) is 0 Å². The molecule has 0 aliphatic carbocycles. The van der Waals surface area contributed by atoms with Crippen LogP contribution in [0, 0.1) is 5.82 Å². The van der Waals surface area contributed by atoms with E-state index in [2.05, 4.69) is 10.6 Å². The minimum absolute atomic E-state index is 0.178. The van der Waals surface area contributed by atoms with Gasteiger partial charge in [-0.05, 0) is 31.3 Å². The van der Waals surface area contributed by atoms with Gasteiger partial charge in [0.15, 0.2) is 5.11 Å². The summed E-state index contributed by atoms with van der Waals surface area (Å²) in [6.45, 7) is 3.73. The number of morpholine rings is 1. The highest BCUT2D eigenvalue weighted by Gasteiger charge is 2.35. The second kappa shape index (κ2) is 7.04. The number of ether oxygens (including phenoxy) is 1. The molecule has 1 unspecified atom stereocenters. The molecule has 0 bridgehead atoms. The zero-order valence-electron chi connectivity index (χ0n) is 13.1. The van der Waals surface area contributed by atoms with Gasteiger partial charge in [0.25, 0.3) is 5.91 Å². The van der Waals surface area contributed by atoms with Crippen LogP contribution in [0.15, 0.2) is 29.5 Å². The molecule has 1 saturated heterocycles. The lowest BCUT2D eigenvalue weighted by molar-refractivity contribution is -0.131. The molecule has 24 heavy (non-hydrogen) atoms. The van der Waals surface area contributed by atoms with Gasteiger partial charge < -0.3 is 20.3 Å². The van der Waals surface area contributed by atoms with Crippen LogP contribution in [0.1, 0.15) is 18.5 Å².